The van der Waals surface area contributed by atoms with Gasteiger partial charge in [-0.1, -0.05) is 30.3 Å². The summed E-state index contributed by atoms with van der Waals surface area (Å²) < 4.78 is 5.56. The molecule has 0 saturated carbocycles. The maximum absolute atomic E-state index is 5.79. The topological polar surface area (TPSA) is 50.8 Å². The number of hydrogen-bond donors (Lipinski definition) is 1. The molecule has 1 heterocycles. The molecule has 6 heteroatoms. The standard InChI is InChI=1S/C12H14ClN3OS/c1-2-7-18-12-14-11(15-16-12)8-17-10-5-3-9(13)4-6-10/h3-6H,2,7-8H2,1H3,(H,14,15,16). The monoisotopic (exact) mass is 283 g/mol. The average molecular weight is 284 g/mol. The number of benzene rings is 1. The van der Waals surface area contributed by atoms with Crippen LogP contribution >= 0.6 is 23.4 Å². The molecule has 0 atom stereocenters. The number of aromatic nitrogens is 3. The van der Waals surface area contributed by atoms with Crippen molar-refractivity contribution in [1.29, 1.82) is 0 Å². The van der Waals surface area contributed by atoms with Crippen molar-refractivity contribution in [2.75, 3.05) is 5.75 Å². The first-order valence-electron chi connectivity index (χ1n) is 5.70. The molecule has 0 aliphatic carbocycles. The number of aromatic amines is 1. The fourth-order valence-corrected chi connectivity index (χ4v) is 2.08. The van der Waals surface area contributed by atoms with Crippen LogP contribution in [0.15, 0.2) is 29.4 Å². The van der Waals surface area contributed by atoms with E-state index in [1.807, 2.05) is 12.1 Å². The van der Waals surface area contributed by atoms with Crippen LogP contribution in [0, 0.1) is 0 Å². The van der Waals surface area contributed by atoms with Crippen LogP contribution in [0.5, 0.6) is 5.75 Å². The quantitative estimate of drug-likeness (QED) is 0.824. The predicted molar refractivity (Wildman–Crippen MR) is 73.2 cm³/mol. The van der Waals surface area contributed by atoms with Crippen molar-refractivity contribution in [1.82, 2.24) is 15.2 Å². The van der Waals surface area contributed by atoms with Crippen LogP contribution < -0.4 is 4.74 Å². The third kappa shape index (κ3) is 3.92. The number of halogens is 1. The molecule has 0 bridgehead atoms. The highest BCUT2D eigenvalue weighted by Gasteiger charge is 2.04. The lowest BCUT2D eigenvalue weighted by Gasteiger charge is -2.02. The first kappa shape index (κ1) is 13.2. The fourth-order valence-electron chi connectivity index (χ4n) is 1.28. The van der Waals surface area contributed by atoms with Gasteiger partial charge < -0.3 is 4.74 Å². The second kappa shape index (κ2) is 6.66. The molecule has 0 aliphatic rings. The fraction of sp³-hybridized carbons (Fsp3) is 0.333. The summed E-state index contributed by atoms with van der Waals surface area (Å²) in [6.45, 7) is 2.51. The maximum atomic E-state index is 5.79. The summed E-state index contributed by atoms with van der Waals surface area (Å²) >= 11 is 7.43. The van der Waals surface area contributed by atoms with E-state index in [0.717, 1.165) is 28.9 Å². The molecule has 0 amide bonds. The second-order valence-corrected chi connectivity index (χ2v) is 5.15. The summed E-state index contributed by atoms with van der Waals surface area (Å²) in [6, 6.07) is 7.23. The average Bonchev–Trinajstić information content (AvgIpc) is 2.84. The van der Waals surface area contributed by atoms with E-state index in [1.165, 1.54) is 0 Å². The molecule has 0 fully saturated rings. The molecule has 1 N–H and O–H groups in total. The van der Waals surface area contributed by atoms with Gasteiger partial charge in [-0.25, -0.2) is 4.98 Å². The number of ether oxygens (including phenoxy) is 1. The minimum atomic E-state index is 0.376. The van der Waals surface area contributed by atoms with Gasteiger partial charge in [0, 0.05) is 10.8 Å². The molecule has 96 valence electrons. The van der Waals surface area contributed by atoms with Crippen molar-refractivity contribution < 1.29 is 4.74 Å². The first-order valence-corrected chi connectivity index (χ1v) is 7.06. The molecular formula is C12H14ClN3OS. The van der Waals surface area contributed by atoms with Crippen molar-refractivity contribution in [2.45, 2.75) is 25.1 Å². The van der Waals surface area contributed by atoms with Gasteiger partial charge in [-0.15, -0.1) is 5.10 Å². The zero-order chi connectivity index (χ0) is 12.8. The Morgan fingerprint density at radius 2 is 2.11 bits per heavy atom. The van der Waals surface area contributed by atoms with Crippen LogP contribution in [0.2, 0.25) is 5.02 Å². The van der Waals surface area contributed by atoms with Gasteiger partial charge in [-0.3, -0.25) is 5.10 Å². The van der Waals surface area contributed by atoms with E-state index in [-0.39, 0.29) is 0 Å². The zero-order valence-electron chi connectivity index (χ0n) is 10.0. The van der Waals surface area contributed by atoms with Crippen molar-refractivity contribution in [3.63, 3.8) is 0 Å². The minimum Gasteiger partial charge on any atom is -0.486 e. The summed E-state index contributed by atoms with van der Waals surface area (Å²) in [4.78, 5) is 4.33. The minimum absolute atomic E-state index is 0.376. The van der Waals surface area contributed by atoms with Gasteiger partial charge in [-0.05, 0) is 30.7 Å². The summed E-state index contributed by atoms with van der Waals surface area (Å²) in [5, 5.41) is 8.43. The summed E-state index contributed by atoms with van der Waals surface area (Å²) in [5.74, 6) is 2.51. The molecule has 1 aromatic carbocycles. The number of nitrogens with one attached hydrogen (secondary N) is 1. The lowest BCUT2D eigenvalue weighted by Crippen LogP contribution is -1.97. The van der Waals surface area contributed by atoms with Crippen molar-refractivity contribution in [2.24, 2.45) is 0 Å². The van der Waals surface area contributed by atoms with E-state index in [9.17, 15) is 0 Å². The Kier molecular flexibility index (Phi) is 4.90. The van der Waals surface area contributed by atoms with Gasteiger partial charge in [0.15, 0.2) is 5.82 Å². The van der Waals surface area contributed by atoms with E-state index >= 15 is 0 Å². The highest BCUT2D eigenvalue weighted by Crippen LogP contribution is 2.17. The SMILES string of the molecule is CCCSc1n[nH]c(COc2ccc(Cl)cc2)n1. The molecular weight excluding hydrogens is 270 g/mol. The third-order valence-corrected chi connectivity index (χ3v) is 3.44. The van der Waals surface area contributed by atoms with Gasteiger partial charge in [0.05, 0.1) is 0 Å². The van der Waals surface area contributed by atoms with E-state index in [4.69, 9.17) is 16.3 Å². The molecule has 1 aromatic heterocycles. The smallest absolute Gasteiger partial charge is 0.208 e. The van der Waals surface area contributed by atoms with Crippen molar-refractivity contribution in [3.05, 3.63) is 35.1 Å². The molecule has 2 rings (SSSR count). The Morgan fingerprint density at radius 1 is 1.33 bits per heavy atom. The van der Waals surface area contributed by atoms with Gasteiger partial charge in [-0.2, -0.15) is 0 Å². The van der Waals surface area contributed by atoms with E-state index < -0.39 is 0 Å². The lowest BCUT2D eigenvalue weighted by molar-refractivity contribution is 0.296. The van der Waals surface area contributed by atoms with E-state index in [2.05, 4.69) is 22.1 Å². The Hall–Kier alpha value is -1.20. The van der Waals surface area contributed by atoms with Crippen molar-refractivity contribution >= 4 is 23.4 Å². The molecule has 4 nitrogen and oxygen atoms in total. The summed E-state index contributed by atoms with van der Waals surface area (Å²) in [7, 11) is 0. The highest BCUT2D eigenvalue weighted by molar-refractivity contribution is 7.99. The number of H-pyrrole nitrogens is 1. The number of nitrogens with zero attached hydrogens (tertiary/aromatic N) is 2. The number of thioether (sulfide) groups is 1. The van der Waals surface area contributed by atoms with Crippen LogP contribution in [0.3, 0.4) is 0 Å². The predicted octanol–water partition coefficient (Wildman–Crippen LogP) is 3.54. The summed E-state index contributed by atoms with van der Waals surface area (Å²) in [5.41, 5.74) is 0. The van der Waals surface area contributed by atoms with Crippen LogP contribution in [0.1, 0.15) is 19.2 Å². The van der Waals surface area contributed by atoms with Gasteiger partial charge >= 0.3 is 0 Å². The van der Waals surface area contributed by atoms with Crippen LogP contribution in [0.4, 0.5) is 0 Å². The van der Waals surface area contributed by atoms with Gasteiger partial charge in [0.1, 0.15) is 12.4 Å². The van der Waals surface area contributed by atoms with Crippen LogP contribution in [-0.2, 0) is 6.61 Å². The largest absolute Gasteiger partial charge is 0.486 e. The number of hydrogen-bond acceptors (Lipinski definition) is 4. The first-order chi connectivity index (χ1) is 8.78. The van der Waals surface area contributed by atoms with E-state index in [1.54, 1.807) is 23.9 Å². The lowest BCUT2D eigenvalue weighted by atomic mass is 10.3. The Labute approximate surface area is 115 Å². The number of rotatable bonds is 6. The molecule has 0 spiro atoms. The Bertz CT molecular complexity index is 486. The Balaban J connectivity index is 1.86. The zero-order valence-corrected chi connectivity index (χ0v) is 11.6. The second-order valence-electron chi connectivity index (χ2n) is 3.66. The van der Waals surface area contributed by atoms with Crippen LogP contribution in [-0.4, -0.2) is 20.9 Å². The molecule has 0 unspecified atom stereocenters. The summed E-state index contributed by atoms with van der Waals surface area (Å²) in [6.07, 6.45) is 1.11. The maximum Gasteiger partial charge on any atom is 0.208 e. The van der Waals surface area contributed by atoms with Crippen LogP contribution in [0.25, 0.3) is 0 Å². The highest BCUT2D eigenvalue weighted by atomic mass is 35.5. The van der Waals surface area contributed by atoms with Crippen molar-refractivity contribution in [3.8, 4) is 5.75 Å². The van der Waals surface area contributed by atoms with E-state index in [0.29, 0.717) is 11.6 Å². The molecule has 0 saturated heterocycles. The normalized spacial score (nSPS) is 10.6. The third-order valence-electron chi connectivity index (χ3n) is 2.14. The van der Waals surface area contributed by atoms with Gasteiger partial charge in [0.2, 0.25) is 5.16 Å². The Morgan fingerprint density at radius 3 is 2.83 bits per heavy atom. The molecule has 18 heavy (non-hydrogen) atoms. The molecule has 0 aliphatic heterocycles. The van der Waals surface area contributed by atoms with Gasteiger partial charge in [0.25, 0.3) is 0 Å². The molecule has 2 aromatic rings. The molecule has 0 radical (unpaired) electrons.